The van der Waals surface area contributed by atoms with Gasteiger partial charge in [-0.15, -0.1) is 0 Å². The van der Waals surface area contributed by atoms with E-state index in [1.54, 1.807) is 11.8 Å². The predicted molar refractivity (Wildman–Crippen MR) is 86.5 cm³/mol. The van der Waals surface area contributed by atoms with Crippen LogP contribution in [-0.4, -0.2) is 0 Å². The largest absolute Gasteiger partial charge is 0.0981 e. The Morgan fingerprint density at radius 2 is 1.47 bits per heavy atom. The Bertz CT molecular complexity index is 530. The van der Waals surface area contributed by atoms with E-state index in [9.17, 15) is 0 Å². The second kappa shape index (κ2) is 6.12. The Labute approximate surface area is 120 Å². The van der Waals surface area contributed by atoms with Gasteiger partial charge in [0.05, 0.1) is 0 Å². The van der Waals surface area contributed by atoms with Crippen LogP contribution in [0.2, 0.25) is 0 Å². The molecule has 0 radical (unpaired) electrons. The number of hydrogen-bond donors (Lipinski definition) is 0. The van der Waals surface area contributed by atoms with E-state index in [4.69, 9.17) is 0 Å². The van der Waals surface area contributed by atoms with E-state index in [-0.39, 0.29) is 5.41 Å². The van der Waals surface area contributed by atoms with Gasteiger partial charge >= 0.3 is 0 Å². The molecule has 0 N–H and O–H groups in total. The molecule has 2 aromatic rings. The van der Waals surface area contributed by atoms with Crippen LogP contribution >= 0.6 is 11.8 Å². The first kappa shape index (κ1) is 14.0. The highest BCUT2D eigenvalue weighted by Crippen LogP contribution is 2.26. The summed E-state index contributed by atoms with van der Waals surface area (Å²) in [6.45, 7) is 6.72. The summed E-state index contributed by atoms with van der Waals surface area (Å²) < 4.78 is 0. The molecule has 0 unspecified atom stereocenters. The third-order valence-electron chi connectivity index (χ3n) is 2.98. The molecule has 0 heterocycles. The van der Waals surface area contributed by atoms with E-state index in [0.717, 1.165) is 0 Å². The smallest absolute Gasteiger partial charge is 0.0116 e. The fourth-order valence-corrected chi connectivity index (χ4v) is 2.46. The van der Waals surface area contributed by atoms with Crippen molar-refractivity contribution in [2.45, 2.75) is 31.1 Å². The molecule has 0 fully saturated rings. The van der Waals surface area contributed by atoms with Crippen LogP contribution in [0.4, 0.5) is 0 Å². The highest BCUT2D eigenvalue weighted by atomic mass is 32.2. The Balaban J connectivity index is 1.99. The van der Waals surface area contributed by atoms with Crippen molar-refractivity contribution in [3.05, 3.63) is 71.1 Å². The van der Waals surface area contributed by atoms with Gasteiger partial charge < -0.3 is 0 Å². The maximum atomic E-state index is 2.24. The first-order valence-electron chi connectivity index (χ1n) is 6.54. The van der Waals surface area contributed by atoms with Crippen molar-refractivity contribution in [2.75, 3.05) is 0 Å². The molecule has 2 aromatic carbocycles. The maximum absolute atomic E-state index is 2.24. The summed E-state index contributed by atoms with van der Waals surface area (Å²) in [5.74, 6) is 0. The van der Waals surface area contributed by atoms with Gasteiger partial charge in [-0.25, -0.2) is 0 Å². The zero-order chi connectivity index (χ0) is 13.7. The molecule has 19 heavy (non-hydrogen) atoms. The molecular formula is C18H20S. The summed E-state index contributed by atoms with van der Waals surface area (Å²) in [6.07, 6.45) is 2.14. The van der Waals surface area contributed by atoms with Gasteiger partial charge in [-0.3, -0.25) is 0 Å². The minimum atomic E-state index is 0.225. The van der Waals surface area contributed by atoms with Gasteiger partial charge in [0, 0.05) is 4.90 Å². The van der Waals surface area contributed by atoms with Gasteiger partial charge in [0.1, 0.15) is 0 Å². The standard InChI is InChI=1S/C18H20S/c1-18(2,3)16-9-11-17(12-10-16)19-14-13-15-7-5-4-6-8-15/h4-14H,1-3H3/b14-13+. The van der Waals surface area contributed by atoms with Crippen LogP contribution in [0.3, 0.4) is 0 Å². The third-order valence-corrected chi connectivity index (χ3v) is 3.80. The second-order valence-corrected chi connectivity index (χ2v) is 6.58. The summed E-state index contributed by atoms with van der Waals surface area (Å²) in [6, 6.07) is 19.2. The quantitative estimate of drug-likeness (QED) is 0.639. The molecule has 0 atom stereocenters. The molecule has 0 saturated carbocycles. The zero-order valence-corrected chi connectivity index (χ0v) is 12.6. The second-order valence-electron chi connectivity index (χ2n) is 5.61. The van der Waals surface area contributed by atoms with E-state index in [1.807, 2.05) is 6.07 Å². The number of rotatable bonds is 3. The topological polar surface area (TPSA) is 0 Å². The van der Waals surface area contributed by atoms with Gasteiger partial charge in [-0.1, -0.05) is 75.0 Å². The lowest BCUT2D eigenvalue weighted by Gasteiger charge is -2.18. The molecule has 0 aliphatic rings. The molecule has 2 rings (SSSR count). The van der Waals surface area contributed by atoms with Crippen molar-refractivity contribution in [3.8, 4) is 0 Å². The van der Waals surface area contributed by atoms with Crippen LogP contribution < -0.4 is 0 Å². The van der Waals surface area contributed by atoms with Crippen molar-refractivity contribution in [2.24, 2.45) is 0 Å². The van der Waals surface area contributed by atoms with Crippen LogP contribution in [0.1, 0.15) is 31.9 Å². The first-order valence-corrected chi connectivity index (χ1v) is 7.42. The lowest BCUT2D eigenvalue weighted by Crippen LogP contribution is -2.10. The number of hydrogen-bond acceptors (Lipinski definition) is 1. The van der Waals surface area contributed by atoms with E-state index in [2.05, 4.69) is 80.8 Å². The molecule has 0 spiro atoms. The minimum absolute atomic E-state index is 0.225. The highest BCUT2D eigenvalue weighted by Gasteiger charge is 2.12. The van der Waals surface area contributed by atoms with E-state index >= 15 is 0 Å². The van der Waals surface area contributed by atoms with Crippen molar-refractivity contribution < 1.29 is 0 Å². The average molecular weight is 268 g/mol. The van der Waals surface area contributed by atoms with Crippen LogP contribution in [0.5, 0.6) is 0 Å². The lowest BCUT2D eigenvalue weighted by molar-refractivity contribution is 0.590. The van der Waals surface area contributed by atoms with E-state index in [1.165, 1.54) is 16.0 Å². The van der Waals surface area contributed by atoms with Gasteiger partial charge in [0.25, 0.3) is 0 Å². The van der Waals surface area contributed by atoms with Crippen LogP contribution in [0.25, 0.3) is 6.08 Å². The first-order chi connectivity index (χ1) is 9.05. The highest BCUT2D eigenvalue weighted by molar-refractivity contribution is 8.02. The summed E-state index contributed by atoms with van der Waals surface area (Å²) in [7, 11) is 0. The minimum Gasteiger partial charge on any atom is -0.0981 e. The predicted octanol–water partition coefficient (Wildman–Crippen LogP) is 5.75. The molecule has 0 aliphatic carbocycles. The zero-order valence-electron chi connectivity index (χ0n) is 11.8. The summed E-state index contributed by atoms with van der Waals surface area (Å²) in [5, 5.41) is 2.14. The van der Waals surface area contributed by atoms with Crippen LogP contribution in [0, 0.1) is 0 Å². The van der Waals surface area contributed by atoms with E-state index in [0.29, 0.717) is 0 Å². The Morgan fingerprint density at radius 3 is 2.05 bits per heavy atom. The SMILES string of the molecule is CC(C)(C)c1ccc(S/C=C/c2ccccc2)cc1. The molecule has 0 bridgehead atoms. The molecule has 0 nitrogen and oxygen atoms in total. The Kier molecular flexibility index (Phi) is 4.49. The molecule has 0 aromatic heterocycles. The number of thioether (sulfide) groups is 1. The van der Waals surface area contributed by atoms with Crippen molar-refractivity contribution >= 4 is 17.8 Å². The Morgan fingerprint density at radius 1 is 0.842 bits per heavy atom. The van der Waals surface area contributed by atoms with Crippen molar-refractivity contribution in [3.63, 3.8) is 0 Å². The monoisotopic (exact) mass is 268 g/mol. The fourth-order valence-electron chi connectivity index (χ4n) is 1.79. The van der Waals surface area contributed by atoms with E-state index < -0.39 is 0 Å². The lowest BCUT2D eigenvalue weighted by atomic mass is 9.87. The molecule has 0 aliphatic heterocycles. The normalized spacial score (nSPS) is 11.9. The molecule has 98 valence electrons. The van der Waals surface area contributed by atoms with Crippen molar-refractivity contribution in [1.82, 2.24) is 0 Å². The van der Waals surface area contributed by atoms with Gasteiger partial charge in [-0.2, -0.15) is 0 Å². The molecule has 0 saturated heterocycles. The molecular weight excluding hydrogens is 248 g/mol. The average Bonchev–Trinajstić information content (AvgIpc) is 2.39. The van der Waals surface area contributed by atoms with Crippen LogP contribution in [0.15, 0.2) is 64.9 Å². The number of benzene rings is 2. The summed E-state index contributed by atoms with van der Waals surface area (Å²) >= 11 is 1.75. The fraction of sp³-hybridized carbons (Fsp3) is 0.222. The Hall–Kier alpha value is -1.47. The van der Waals surface area contributed by atoms with Gasteiger partial charge in [0.2, 0.25) is 0 Å². The van der Waals surface area contributed by atoms with Gasteiger partial charge in [0.15, 0.2) is 0 Å². The maximum Gasteiger partial charge on any atom is 0.0116 e. The van der Waals surface area contributed by atoms with Crippen molar-refractivity contribution in [1.29, 1.82) is 0 Å². The summed E-state index contributed by atoms with van der Waals surface area (Å²) in [4.78, 5) is 1.28. The van der Waals surface area contributed by atoms with Gasteiger partial charge in [-0.05, 0) is 40.2 Å². The summed E-state index contributed by atoms with van der Waals surface area (Å²) in [5.41, 5.74) is 2.84. The van der Waals surface area contributed by atoms with Crippen LogP contribution in [-0.2, 0) is 5.41 Å². The third kappa shape index (κ3) is 4.29. The molecule has 0 amide bonds. The molecule has 1 heteroatoms.